The second kappa shape index (κ2) is 171. The van der Waals surface area contributed by atoms with Crippen molar-refractivity contribution >= 4 is 343 Å². The molecule has 14 atom stereocenters. The summed E-state index contributed by atoms with van der Waals surface area (Å²) in [6.07, 6.45) is 0. The van der Waals surface area contributed by atoms with Gasteiger partial charge in [-0.3, -0.25) is 24.0 Å². The molecule has 13 nitrogen and oxygen atoms in total. The number of hydrogen-bond acceptors (Lipinski definition) is 20. The lowest BCUT2D eigenvalue weighted by Crippen LogP contribution is -2.17. The van der Waals surface area contributed by atoms with E-state index in [0.717, 1.165) is 54.8 Å². The van der Waals surface area contributed by atoms with Gasteiger partial charge in [0.25, 0.3) is 5.97 Å². The lowest BCUT2D eigenvalue weighted by molar-refractivity contribution is -0.138. The van der Waals surface area contributed by atoms with Gasteiger partial charge in [-0.05, 0) is 41.8 Å². The molecule has 0 heterocycles. The van der Waals surface area contributed by atoms with Crippen LogP contribution in [0.2, 0.25) is 0 Å². The van der Waals surface area contributed by atoms with E-state index in [-0.39, 0.29) is 64.9 Å². The third-order valence-corrected chi connectivity index (χ3v) is 30.5. The molecule has 0 aliphatic carbocycles. The molecule has 0 fully saturated rings. The van der Waals surface area contributed by atoms with Crippen molar-refractivity contribution in [3.05, 3.63) is 0 Å². The van der Waals surface area contributed by atoms with E-state index in [0.29, 0.717) is 0 Å². The third kappa shape index (κ3) is 685. The van der Waals surface area contributed by atoms with Gasteiger partial charge in [-0.25, -0.2) is 0 Å². The monoisotopic (exact) mass is 1640 g/mol. The summed E-state index contributed by atoms with van der Waals surface area (Å²) in [4.78, 5) is 60.8. The highest BCUT2D eigenvalue weighted by atomic mass is 33.3. The van der Waals surface area contributed by atoms with Crippen molar-refractivity contribution in [1.82, 2.24) is 9.80 Å². The number of aliphatic carboxylic acids is 1. The minimum absolute atomic E-state index is 0. The Balaban J connectivity index is -0.0000000222. The quantitative estimate of drug-likeness (QED) is 0.175. The zero-order chi connectivity index (χ0) is 63.3. The number of rotatable bonds is 2. The summed E-state index contributed by atoms with van der Waals surface area (Å²) in [5, 5.41) is 21.4. The Labute approximate surface area is 539 Å². The number of nitrogens with zero attached hydrogens (tertiary/aromatic N) is 2. The molecule has 0 aromatic rings. The number of esters is 2. The lowest BCUT2D eigenvalue weighted by atomic mass is 10.6. The number of carboxylic acids is 1. The number of aliphatic hydroxyl groups excluding tert-OH is 2. The topological polar surface area (TPSA) is 188 Å². The fraction of sp³-hybridized carbons (Fsp3) is 0.769. The van der Waals surface area contributed by atoms with Gasteiger partial charge in [0.05, 0.1) is 14.2 Å². The maximum absolute atomic E-state index is 10.1. The number of methoxy groups -OCH3 is 2. The van der Waals surface area contributed by atoms with Crippen LogP contribution >= 0.6 is 151 Å². The number of carbonyl (C=O) groups is 6. The molecule has 0 bridgehead atoms. The van der Waals surface area contributed by atoms with Crippen LogP contribution < -0.4 is 0 Å². The first-order valence-electron chi connectivity index (χ1n) is 16.6. The zero-order valence-corrected chi connectivity index (χ0v) is 75.0. The van der Waals surface area contributed by atoms with Crippen molar-refractivity contribution in [2.24, 2.45) is 0 Å². The molecule has 0 spiro atoms. The molecule has 2 amide bonds. The minimum atomic E-state index is -0.833. The van der Waals surface area contributed by atoms with Crippen molar-refractivity contribution in [2.45, 2.75) is 83.6 Å². The van der Waals surface area contributed by atoms with Gasteiger partial charge in [0.2, 0.25) is 11.8 Å². The molecule has 14 unspecified atom stereocenters. The number of carbonyl (C=O) groups excluding carboxylic acids is 5. The fourth-order valence-corrected chi connectivity index (χ4v) is 2.76. The van der Waals surface area contributed by atoms with Crippen molar-refractivity contribution in [3.8, 4) is 0 Å². The summed E-state index contributed by atoms with van der Waals surface area (Å²) in [5.74, 6) is -0.972. The normalized spacial score (nSPS) is 6.79. The van der Waals surface area contributed by atoms with Gasteiger partial charge >= 0.3 is 11.9 Å². The summed E-state index contributed by atoms with van der Waals surface area (Å²) < 4.78 is 8.22. The smallest absolute Gasteiger partial charge is 0.302 e. The third-order valence-electron chi connectivity index (χ3n) is 2.19. The van der Waals surface area contributed by atoms with Crippen LogP contribution in [0.1, 0.15) is 83.6 Å². The first kappa shape index (κ1) is 139. The van der Waals surface area contributed by atoms with Crippen LogP contribution in [0, 0.1) is 0 Å². The van der Waals surface area contributed by atoms with E-state index < -0.39 is 5.97 Å². The Morgan fingerprint density at radius 1 is 0.486 bits per heavy atom. The molecular formula is C26H90N2O11P18S15. The van der Waals surface area contributed by atoms with Crippen LogP contribution in [0.25, 0.3) is 0 Å². The van der Waals surface area contributed by atoms with Crippen molar-refractivity contribution in [2.75, 3.05) is 56.6 Å². The van der Waals surface area contributed by atoms with Crippen LogP contribution in [-0.2, 0) is 195 Å². The Bertz CT molecular complexity index is 1110. The molecule has 0 radical (unpaired) electrons. The second-order valence-corrected chi connectivity index (χ2v) is 67.9. The van der Waals surface area contributed by atoms with E-state index in [1.807, 2.05) is 27.7 Å². The molecule has 0 saturated heterocycles. The standard InChI is InChI=1S/2C4H9NO.2C3H6O2.C3H6O.C2H4O2.2C2H6.2CH4O.CH4.2H7P5.2H6P4.S5.2S3.2S2/c2*1-4(6)5(2)3;2*1-3(4)5-2;1-3(2)4;1-2(3)4;4*1-2;;2*1-4-5(2)3;2*1-4(2)3;1-3-5-4-2;2*1-3-2;2*1-2/h2*1-3H3;2*1-2H3;1-2H3;1H3,(H,3,4);2*1-2H3;2*2H,1H3;1H4;2*4H,1-3H2;2*1-3H2;;;;;. The van der Waals surface area contributed by atoms with E-state index >= 15 is 0 Å². The lowest BCUT2D eigenvalue weighted by Gasteiger charge is -2.02. The van der Waals surface area contributed by atoms with Crippen molar-refractivity contribution in [3.63, 3.8) is 0 Å². The van der Waals surface area contributed by atoms with Crippen LogP contribution in [0.4, 0.5) is 0 Å². The predicted molar refractivity (Wildman–Crippen MR) is 431 cm³/mol. The van der Waals surface area contributed by atoms with Crippen LogP contribution in [0.5, 0.6) is 0 Å². The Morgan fingerprint density at radius 3 is 0.556 bits per heavy atom. The molecule has 0 aliphatic heterocycles. The predicted octanol–water partition coefficient (Wildman–Crippen LogP) is 11.6. The molecule has 0 aromatic carbocycles. The number of amides is 2. The Hall–Kier alpha value is 7.98. The Kier molecular flexibility index (Phi) is 330. The highest BCUT2D eigenvalue weighted by molar-refractivity contribution is 8.78. The maximum Gasteiger partial charge on any atom is 0.302 e. The molecule has 0 aromatic heterocycles. The molecular weight excluding hydrogens is 1550 g/mol. The number of hydrogen-bond donors (Lipinski definition) is 3. The highest BCUT2D eigenvalue weighted by Gasteiger charge is 1.88. The molecule has 0 rings (SSSR count). The number of Topliss-reactive ketones (excluding diaryl/α,β-unsaturated/α-hetero) is 1. The van der Waals surface area contributed by atoms with Gasteiger partial charge in [-0.15, -0.1) is 107 Å². The average Bonchev–Trinajstić information content (AvgIpc) is 3.29. The van der Waals surface area contributed by atoms with Crippen LogP contribution in [-0.4, -0.2) is 117 Å². The average molecular weight is 1650 g/mol. The summed E-state index contributed by atoms with van der Waals surface area (Å²) >= 11 is 40.1. The number of aliphatic hydroxyl groups is 2. The Morgan fingerprint density at radius 2 is 0.556 bits per heavy atom. The minimum Gasteiger partial charge on any atom is -0.481 e. The van der Waals surface area contributed by atoms with E-state index in [1.165, 1.54) is 92.2 Å². The second-order valence-electron chi connectivity index (χ2n) is 7.95. The molecule has 3 N–H and O–H groups in total. The van der Waals surface area contributed by atoms with Crippen LogP contribution in [0.15, 0.2) is 0 Å². The fourth-order valence-electron chi connectivity index (χ4n) is 0.0113. The number of ether oxygens (including phenoxy) is 2. The summed E-state index contributed by atoms with van der Waals surface area (Å²) in [6, 6.07) is 0. The largest absolute Gasteiger partial charge is 0.481 e. The van der Waals surface area contributed by atoms with Crippen molar-refractivity contribution < 1.29 is 53.6 Å². The maximum atomic E-state index is 10.1. The molecule has 72 heavy (non-hydrogen) atoms. The van der Waals surface area contributed by atoms with Gasteiger partial charge in [0.15, 0.2) is 0 Å². The van der Waals surface area contributed by atoms with E-state index in [4.69, 9.17) is 20.1 Å². The molecule has 0 saturated carbocycles. The summed E-state index contributed by atoms with van der Waals surface area (Å²) in [7, 11) is 51.7. The molecule has 0 aliphatic rings. The van der Waals surface area contributed by atoms with Gasteiger partial charge in [0.1, 0.15) is 5.78 Å². The molecule has 46 heteroatoms. The number of carboxylic acid groups (broad SMARTS) is 1. The van der Waals surface area contributed by atoms with Gasteiger partial charge in [0, 0.05) is 233 Å². The van der Waals surface area contributed by atoms with Crippen molar-refractivity contribution in [1.29, 1.82) is 0 Å². The van der Waals surface area contributed by atoms with Gasteiger partial charge in [-0.1, -0.05) is 51.0 Å². The zero-order valence-electron chi connectivity index (χ0n) is 43.3. The number of ketones is 1. The highest BCUT2D eigenvalue weighted by Crippen LogP contribution is 2.72. The van der Waals surface area contributed by atoms with E-state index in [1.54, 1.807) is 28.2 Å². The van der Waals surface area contributed by atoms with Gasteiger partial charge < -0.3 is 39.4 Å². The van der Waals surface area contributed by atoms with Gasteiger partial charge in [-0.2, -0.15) is 0 Å². The summed E-state index contributed by atoms with van der Waals surface area (Å²) in [5.41, 5.74) is 0. The first-order chi connectivity index (χ1) is 32.5. The van der Waals surface area contributed by atoms with E-state index in [9.17, 15) is 24.0 Å². The SMILES string of the molecule is C.CC.CC.CC(=O)N(C)C.CC(=O)N(C)C.CC(=O)O.CC(C)=O.CO.CO.COC(C)=O.COC(C)=O.PP(P)P.PP(P)P.PPP(P)P.PPP(P)P.S=S.S=S.S=S=S.S=S=S.S=S=S=S=S. The first-order valence-corrected chi connectivity index (χ1v) is 58.8. The summed E-state index contributed by atoms with van der Waals surface area (Å²) in [6.45, 7) is 18.6. The van der Waals surface area contributed by atoms with E-state index in [2.05, 4.69) is 228 Å². The molecule has 450 valence electrons. The van der Waals surface area contributed by atoms with Crippen LogP contribution in [0.3, 0.4) is 0 Å².